The molecule has 15 heavy (non-hydrogen) atoms. The van der Waals surface area contributed by atoms with E-state index >= 15 is 0 Å². The molecule has 0 bridgehead atoms. The van der Waals surface area contributed by atoms with Gasteiger partial charge in [0.15, 0.2) is 17.4 Å². The Kier molecular flexibility index (Phi) is 2.58. The zero-order chi connectivity index (χ0) is 11.0. The molecule has 0 radical (unpaired) electrons. The fourth-order valence-corrected chi connectivity index (χ4v) is 1.83. The van der Waals surface area contributed by atoms with Crippen LogP contribution in [0.4, 0.5) is 8.78 Å². The zero-order valence-corrected chi connectivity index (χ0v) is 8.35. The maximum atomic E-state index is 13.4. The predicted octanol–water partition coefficient (Wildman–Crippen LogP) is 1.16. The van der Waals surface area contributed by atoms with Gasteiger partial charge in [0.05, 0.1) is 0 Å². The molecule has 1 aliphatic heterocycles. The van der Waals surface area contributed by atoms with Crippen LogP contribution in [0.1, 0.15) is 11.1 Å². The third-order valence-corrected chi connectivity index (χ3v) is 2.70. The Bertz CT molecular complexity index is 395. The van der Waals surface area contributed by atoms with Crippen molar-refractivity contribution in [1.29, 1.82) is 0 Å². The van der Waals surface area contributed by atoms with Crippen molar-refractivity contribution in [2.75, 3.05) is 13.6 Å². The van der Waals surface area contributed by atoms with E-state index in [4.69, 9.17) is 5.11 Å². The van der Waals surface area contributed by atoms with Crippen LogP contribution >= 0.6 is 0 Å². The lowest BCUT2D eigenvalue weighted by Crippen LogP contribution is -2.39. The number of hydrazine groups is 1. The van der Waals surface area contributed by atoms with Crippen LogP contribution in [0.3, 0.4) is 0 Å². The molecule has 3 nitrogen and oxygen atoms in total. The molecule has 0 saturated carbocycles. The maximum Gasteiger partial charge on any atom is 0.188 e. The normalized spacial score (nSPS) is 16.5. The molecule has 1 aromatic rings. The van der Waals surface area contributed by atoms with Crippen molar-refractivity contribution in [3.8, 4) is 5.75 Å². The number of fused-ring (bicyclic) bond motifs is 1. The Balaban J connectivity index is 2.44. The SMILES string of the molecule is CNN1CCc2c(cc(F)c(O)c2F)C1. The van der Waals surface area contributed by atoms with Crippen molar-refractivity contribution < 1.29 is 13.9 Å². The second-order valence-electron chi connectivity index (χ2n) is 3.55. The molecule has 0 amide bonds. The number of rotatable bonds is 1. The van der Waals surface area contributed by atoms with E-state index < -0.39 is 17.4 Å². The first kappa shape index (κ1) is 10.3. The standard InChI is InChI=1S/C10H12F2N2O/c1-13-14-3-2-7-6(5-14)4-8(11)10(15)9(7)12/h4,13,15H,2-3,5H2,1H3. The van der Waals surface area contributed by atoms with Crippen LogP contribution < -0.4 is 5.43 Å². The van der Waals surface area contributed by atoms with Gasteiger partial charge in [-0.05, 0) is 30.7 Å². The zero-order valence-electron chi connectivity index (χ0n) is 8.35. The van der Waals surface area contributed by atoms with Gasteiger partial charge in [-0.25, -0.2) is 13.8 Å². The number of hydrogen-bond donors (Lipinski definition) is 2. The highest BCUT2D eigenvalue weighted by atomic mass is 19.1. The molecule has 2 rings (SSSR count). The predicted molar refractivity (Wildman–Crippen MR) is 51.2 cm³/mol. The van der Waals surface area contributed by atoms with Crippen LogP contribution in [0.15, 0.2) is 6.07 Å². The largest absolute Gasteiger partial charge is 0.503 e. The summed E-state index contributed by atoms with van der Waals surface area (Å²) in [4.78, 5) is 0. The Morgan fingerprint density at radius 1 is 1.47 bits per heavy atom. The van der Waals surface area contributed by atoms with Crippen LogP contribution in [-0.2, 0) is 13.0 Å². The summed E-state index contributed by atoms with van der Waals surface area (Å²) >= 11 is 0. The van der Waals surface area contributed by atoms with E-state index in [9.17, 15) is 8.78 Å². The van der Waals surface area contributed by atoms with Crippen LogP contribution in [0.2, 0.25) is 0 Å². The summed E-state index contributed by atoms with van der Waals surface area (Å²) in [5.74, 6) is -2.59. The van der Waals surface area contributed by atoms with Gasteiger partial charge in [-0.15, -0.1) is 0 Å². The highest BCUT2D eigenvalue weighted by molar-refractivity contribution is 5.39. The molecule has 0 saturated heterocycles. The minimum atomic E-state index is -0.899. The highest BCUT2D eigenvalue weighted by Crippen LogP contribution is 2.29. The first-order chi connectivity index (χ1) is 7.13. The van der Waals surface area contributed by atoms with Crippen LogP contribution in [0.5, 0.6) is 5.75 Å². The van der Waals surface area contributed by atoms with Gasteiger partial charge in [0.1, 0.15) is 0 Å². The summed E-state index contributed by atoms with van der Waals surface area (Å²) in [5.41, 5.74) is 3.93. The van der Waals surface area contributed by atoms with Gasteiger partial charge in [0, 0.05) is 13.1 Å². The third-order valence-electron chi connectivity index (χ3n) is 2.70. The molecular formula is C10H12F2N2O. The number of phenolic OH excluding ortho intramolecular Hbond substituents is 1. The average Bonchev–Trinajstić information content (AvgIpc) is 2.25. The number of phenols is 1. The topological polar surface area (TPSA) is 35.5 Å². The number of nitrogens with one attached hydrogen (secondary N) is 1. The average molecular weight is 214 g/mol. The first-order valence-electron chi connectivity index (χ1n) is 4.74. The minimum Gasteiger partial charge on any atom is -0.503 e. The summed E-state index contributed by atoms with van der Waals surface area (Å²) in [6.07, 6.45) is 0.468. The van der Waals surface area contributed by atoms with Gasteiger partial charge < -0.3 is 5.11 Å². The van der Waals surface area contributed by atoms with E-state index in [2.05, 4.69) is 5.43 Å². The molecule has 0 spiro atoms. The molecule has 0 aliphatic carbocycles. The second kappa shape index (κ2) is 3.75. The van der Waals surface area contributed by atoms with Crippen LogP contribution in [-0.4, -0.2) is 23.7 Å². The van der Waals surface area contributed by atoms with Gasteiger partial charge in [0.2, 0.25) is 0 Å². The number of aromatic hydroxyl groups is 1. The number of hydrogen-bond acceptors (Lipinski definition) is 3. The number of halogens is 2. The minimum absolute atomic E-state index is 0.417. The molecule has 0 atom stereocenters. The molecule has 0 fully saturated rings. The van der Waals surface area contributed by atoms with E-state index in [0.29, 0.717) is 30.6 Å². The van der Waals surface area contributed by atoms with Crippen LogP contribution in [0.25, 0.3) is 0 Å². The quantitative estimate of drug-likeness (QED) is 0.736. The molecule has 82 valence electrons. The van der Waals surface area contributed by atoms with Gasteiger partial charge in [-0.2, -0.15) is 0 Å². The third kappa shape index (κ3) is 1.68. The van der Waals surface area contributed by atoms with Crippen molar-refractivity contribution in [2.24, 2.45) is 0 Å². The number of nitrogens with zero attached hydrogens (tertiary/aromatic N) is 1. The molecule has 0 unspecified atom stereocenters. The lowest BCUT2D eigenvalue weighted by Gasteiger charge is -2.28. The summed E-state index contributed by atoms with van der Waals surface area (Å²) in [6.45, 7) is 1.09. The van der Waals surface area contributed by atoms with E-state index in [1.54, 1.807) is 7.05 Å². The molecule has 2 N–H and O–H groups in total. The first-order valence-corrected chi connectivity index (χ1v) is 4.74. The van der Waals surface area contributed by atoms with Crippen molar-refractivity contribution >= 4 is 0 Å². The van der Waals surface area contributed by atoms with Crippen molar-refractivity contribution in [2.45, 2.75) is 13.0 Å². The van der Waals surface area contributed by atoms with E-state index in [1.165, 1.54) is 6.07 Å². The lowest BCUT2D eigenvalue weighted by molar-refractivity contribution is 0.186. The van der Waals surface area contributed by atoms with E-state index in [1.807, 2.05) is 5.01 Å². The van der Waals surface area contributed by atoms with E-state index in [0.717, 1.165) is 0 Å². The Labute approximate surface area is 86.3 Å². The van der Waals surface area contributed by atoms with Gasteiger partial charge in [-0.1, -0.05) is 0 Å². The molecule has 1 heterocycles. The van der Waals surface area contributed by atoms with Crippen molar-refractivity contribution in [1.82, 2.24) is 10.4 Å². The summed E-state index contributed by atoms with van der Waals surface area (Å²) in [5, 5.41) is 11.0. The fourth-order valence-electron chi connectivity index (χ4n) is 1.83. The molecule has 0 aromatic heterocycles. The highest BCUT2D eigenvalue weighted by Gasteiger charge is 2.22. The molecular weight excluding hydrogens is 202 g/mol. The van der Waals surface area contributed by atoms with Gasteiger partial charge in [-0.3, -0.25) is 5.43 Å². The summed E-state index contributed by atoms with van der Waals surface area (Å²) in [7, 11) is 1.76. The lowest BCUT2D eigenvalue weighted by atomic mass is 9.99. The molecule has 1 aromatic carbocycles. The number of benzene rings is 1. The smallest absolute Gasteiger partial charge is 0.188 e. The van der Waals surface area contributed by atoms with Crippen molar-refractivity contribution in [3.63, 3.8) is 0 Å². The van der Waals surface area contributed by atoms with E-state index in [-0.39, 0.29) is 0 Å². The Morgan fingerprint density at radius 2 is 2.20 bits per heavy atom. The van der Waals surface area contributed by atoms with Crippen molar-refractivity contribution in [3.05, 3.63) is 28.8 Å². The van der Waals surface area contributed by atoms with Gasteiger partial charge in [0.25, 0.3) is 0 Å². The second-order valence-corrected chi connectivity index (χ2v) is 3.55. The maximum absolute atomic E-state index is 13.4. The van der Waals surface area contributed by atoms with Gasteiger partial charge >= 0.3 is 0 Å². The Hall–Kier alpha value is -1.20. The summed E-state index contributed by atoms with van der Waals surface area (Å²) < 4.78 is 26.5. The fraction of sp³-hybridized carbons (Fsp3) is 0.400. The Morgan fingerprint density at radius 3 is 2.87 bits per heavy atom. The molecule has 5 heteroatoms. The van der Waals surface area contributed by atoms with Crippen LogP contribution in [0, 0.1) is 11.6 Å². The summed E-state index contributed by atoms with van der Waals surface area (Å²) in [6, 6.07) is 1.19. The monoisotopic (exact) mass is 214 g/mol. The molecule has 1 aliphatic rings.